The van der Waals surface area contributed by atoms with Crippen LogP contribution in [0.1, 0.15) is 51.5 Å². The van der Waals surface area contributed by atoms with Gasteiger partial charge in [-0.1, -0.05) is 62.4 Å². The highest BCUT2D eigenvalue weighted by Crippen LogP contribution is 2.09. The normalized spacial score (nSPS) is 19.9. The van der Waals surface area contributed by atoms with Crippen molar-refractivity contribution in [3.05, 3.63) is 66.2 Å². The minimum absolute atomic E-state index is 0.00307. The molecule has 0 aliphatic carbocycles. The molecular weight excluding hydrogens is 688 g/mol. The topological polar surface area (TPSA) is 257 Å². The molecule has 1 saturated heterocycles. The predicted octanol–water partition coefficient (Wildman–Crippen LogP) is 0.169. The van der Waals surface area contributed by atoms with Crippen LogP contribution >= 0.6 is 0 Å². The van der Waals surface area contributed by atoms with Gasteiger partial charge in [0.25, 0.3) is 0 Å². The summed E-state index contributed by atoms with van der Waals surface area (Å²) in [7, 11) is 0. The van der Waals surface area contributed by atoms with Crippen molar-refractivity contribution in [1.29, 1.82) is 5.41 Å². The number of hydrogen-bond donors (Lipinski definition) is 9. The van der Waals surface area contributed by atoms with E-state index >= 15 is 0 Å². The SMILES string of the molecule is CC(C)COC(=O)C[C@@H]1NC(=O)CNC(=O)[C@H](CCCNC(=N)Nc2ccccc2)NC(=O)[C@H](CCC(=O)O)NC(=O)[C@@H](Cc2ccccc2)NC1=O. The van der Waals surface area contributed by atoms with Gasteiger partial charge in [-0.3, -0.25) is 39.0 Å². The molecule has 286 valence electrons. The van der Waals surface area contributed by atoms with E-state index in [1.165, 1.54) is 0 Å². The molecule has 9 N–H and O–H groups in total. The van der Waals surface area contributed by atoms with Gasteiger partial charge in [-0.2, -0.15) is 0 Å². The molecule has 4 atom stereocenters. The minimum Gasteiger partial charge on any atom is -0.481 e. The fourth-order valence-electron chi connectivity index (χ4n) is 5.14. The van der Waals surface area contributed by atoms with E-state index in [0.717, 1.165) is 0 Å². The summed E-state index contributed by atoms with van der Waals surface area (Å²) in [6, 6.07) is 12.1. The van der Waals surface area contributed by atoms with E-state index in [0.29, 0.717) is 11.3 Å². The number of aliphatic carboxylic acids is 1. The van der Waals surface area contributed by atoms with Gasteiger partial charge in [-0.25, -0.2) is 0 Å². The second kappa shape index (κ2) is 21.4. The van der Waals surface area contributed by atoms with Crippen molar-refractivity contribution in [3.63, 3.8) is 0 Å². The number of carbonyl (C=O) groups is 7. The van der Waals surface area contributed by atoms with Crippen molar-refractivity contribution < 1.29 is 43.4 Å². The number of carbonyl (C=O) groups excluding carboxylic acids is 6. The molecular formula is C36H48N8O9. The maximum absolute atomic E-state index is 13.8. The Labute approximate surface area is 307 Å². The Morgan fingerprint density at radius 1 is 0.811 bits per heavy atom. The van der Waals surface area contributed by atoms with E-state index in [4.69, 9.17) is 10.1 Å². The lowest BCUT2D eigenvalue weighted by Crippen LogP contribution is -2.58. The number of para-hydroxylation sites is 1. The first-order valence-corrected chi connectivity index (χ1v) is 17.3. The lowest BCUT2D eigenvalue weighted by Gasteiger charge is -2.26. The van der Waals surface area contributed by atoms with E-state index in [1.54, 1.807) is 54.6 Å². The Morgan fingerprint density at radius 3 is 2.04 bits per heavy atom. The van der Waals surface area contributed by atoms with Crippen LogP contribution < -0.4 is 37.2 Å². The highest BCUT2D eigenvalue weighted by Gasteiger charge is 2.33. The molecule has 17 nitrogen and oxygen atoms in total. The summed E-state index contributed by atoms with van der Waals surface area (Å²) in [5, 5.41) is 35.8. The quantitative estimate of drug-likeness (QED) is 0.0547. The van der Waals surface area contributed by atoms with Crippen molar-refractivity contribution in [2.24, 2.45) is 5.92 Å². The molecule has 3 rings (SSSR count). The maximum atomic E-state index is 13.8. The van der Waals surface area contributed by atoms with Gasteiger partial charge < -0.3 is 47.1 Å². The number of nitrogens with one attached hydrogen (secondary N) is 8. The highest BCUT2D eigenvalue weighted by atomic mass is 16.5. The number of rotatable bonds is 14. The van der Waals surface area contributed by atoms with Crippen LogP contribution in [0.25, 0.3) is 0 Å². The van der Waals surface area contributed by atoms with Crippen LogP contribution in [0.5, 0.6) is 0 Å². The van der Waals surface area contributed by atoms with Crippen molar-refractivity contribution in [3.8, 4) is 0 Å². The van der Waals surface area contributed by atoms with Gasteiger partial charge in [-0.15, -0.1) is 0 Å². The van der Waals surface area contributed by atoms with Crippen molar-refractivity contribution in [2.45, 2.75) is 76.5 Å². The molecule has 0 aromatic heterocycles. The molecule has 5 amide bonds. The molecule has 2 aromatic carbocycles. The number of hydrogen-bond acceptors (Lipinski definition) is 9. The fraction of sp³-hybridized carbons (Fsp3) is 0.444. The minimum atomic E-state index is -1.50. The average Bonchev–Trinajstić information content (AvgIpc) is 3.12. The molecule has 17 heteroatoms. The number of guanidine groups is 1. The van der Waals surface area contributed by atoms with E-state index in [9.17, 15) is 38.7 Å². The summed E-state index contributed by atoms with van der Waals surface area (Å²) >= 11 is 0. The Kier molecular flexibility index (Phi) is 16.7. The number of carboxylic acid groups (broad SMARTS) is 1. The van der Waals surface area contributed by atoms with Gasteiger partial charge in [0.05, 0.1) is 19.6 Å². The zero-order chi connectivity index (χ0) is 38.8. The molecule has 1 aliphatic heterocycles. The standard InChI is InChI=1S/C36H48N8O9/c1-22(2)21-53-31(48)19-28-35(52)44-27(18-23-10-5-3-6-11-23)34(51)43-26(15-16-30(46)47)33(50)42-25(32(49)39-20-29(45)41-28)14-9-17-38-36(37)40-24-12-7-4-8-13-24/h3-8,10-13,22,25-28H,9,14-21H2,1-2H3,(H,39,49)(H,41,45)(H,42,50)(H,43,51)(H,44,52)(H,46,47)(H3,37,38,40)/t25-,26-,27+,28-/m0/s1. The summed E-state index contributed by atoms with van der Waals surface area (Å²) in [5.41, 5.74) is 1.31. The second-order valence-corrected chi connectivity index (χ2v) is 12.9. The third kappa shape index (κ3) is 15.4. The molecule has 0 unspecified atom stereocenters. The van der Waals surface area contributed by atoms with Crippen LogP contribution in [0.2, 0.25) is 0 Å². The highest BCUT2D eigenvalue weighted by molar-refractivity contribution is 5.98. The van der Waals surface area contributed by atoms with Crippen molar-refractivity contribution >= 4 is 53.1 Å². The Morgan fingerprint density at radius 2 is 1.40 bits per heavy atom. The number of benzene rings is 2. The van der Waals surface area contributed by atoms with Gasteiger partial charge in [0.1, 0.15) is 24.2 Å². The molecule has 1 heterocycles. The van der Waals surface area contributed by atoms with Crippen LogP contribution in [0, 0.1) is 11.3 Å². The van der Waals surface area contributed by atoms with Gasteiger partial charge in [0, 0.05) is 25.1 Å². The molecule has 1 fully saturated rings. The van der Waals surface area contributed by atoms with Gasteiger partial charge in [0.15, 0.2) is 5.96 Å². The van der Waals surface area contributed by atoms with Crippen molar-refractivity contribution in [2.75, 3.05) is 25.0 Å². The Bertz CT molecular complexity index is 1590. The summed E-state index contributed by atoms with van der Waals surface area (Å²) in [6.07, 6.45) is -1.22. The van der Waals surface area contributed by atoms with E-state index < -0.39 is 85.0 Å². The molecule has 0 saturated carbocycles. The fourth-order valence-corrected chi connectivity index (χ4v) is 5.14. The predicted molar refractivity (Wildman–Crippen MR) is 193 cm³/mol. The Balaban J connectivity index is 1.86. The number of ether oxygens (including phenoxy) is 1. The molecule has 0 spiro atoms. The van der Waals surface area contributed by atoms with Gasteiger partial charge in [0.2, 0.25) is 29.5 Å². The number of esters is 1. The summed E-state index contributed by atoms with van der Waals surface area (Å²) < 4.78 is 5.22. The first kappa shape index (κ1) is 41.4. The first-order chi connectivity index (χ1) is 25.3. The van der Waals surface area contributed by atoms with Crippen LogP contribution in [0.15, 0.2) is 60.7 Å². The third-order valence-corrected chi connectivity index (χ3v) is 7.87. The monoisotopic (exact) mass is 736 g/mol. The number of amides is 5. The van der Waals surface area contributed by atoms with E-state index in [1.807, 2.05) is 19.9 Å². The van der Waals surface area contributed by atoms with E-state index in [2.05, 4.69) is 37.2 Å². The molecule has 2 aromatic rings. The van der Waals surface area contributed by atoms with Crippen LogP contribution in [0.4, 0.5) is 5.69 Å². The second-order valence-electron chi connectivity index (χ2n) is 12.9. The third-order valence-electron chi connectivity index (χ3n) is 7.87. The van der Waals surface area contributed by atoms with Gasteiger partial charge in [-0.05, 0) is 42.9 Å². The number of anilines is 1. The summed E-state index contributed by atoms with van der Waals surface area (Å²) in [6.45, 7) is 3.29. The molecule has 0 bridgehead atoms. The first-order valence-electron chi connectivity index (χ1n) is 17.3. The average molecular weight is 737 g/mol. The van der Waals surface area contributed by atoms with Crippen molar-refractivity contribution in [1.82, 2.24) is 31.9 Å². The number of carboxylic acids is 1. The maximum Gasteiger partial charge on any atom is 0.308 e. The summed E-state index contributed by atoms with van der Waals surface area (Å²) in [4.78, 5) is 91.6. The smallest absolute Gasteiger partial charge is 0.308 e. The van der Waals surface area contributed by atoms with Crippen LogP contribution in [-0.2, 0) is 44.7 Å². The largest absolute Gasteiger partial charge is 0.481 e. The van der Waals surface area contributed by atoms with E-state index in [-0.39, 0.29) is 50.7 Å². The zero-order valence-electron chi connectivity index (χ0n) is 29.7. The Hall–Kier alpha value is -6.00. The lowest BCUT2D eigenvalue weighted by molar-refractivity contribution is -0.147. The van der Waals surface area contributed by atoms with Crippen LogP contribution in [0.3, 0.4) is 0 Å². The van der Waals surface area contributed by atoms with Crippen LogP contribution in [-0.4, -0.2) is 96.4 Å². The summed E-state index contributed by atoms with van der Waals surface area (Å²) in [5.74, 6) is -6.24. The molecule has 0 radical (unpaired) electrons. The lowest BCUT2D eigenvalue weighted by atomic mass is 10.0. The molecule has 53 heavy (non-hydrogen) atoms. The molecule has 1 aliphatic rings. The zero-order valence-corrected chi connectivity index (χ0v) is 29.7. The van der Waals surface area contributed by atoms with Gasteiger partial charge >= 0.3 is 11.9 Å².